The van der Waals surface area contributed by atoms with E-state index in [1.165, 1.54) is 71.2 Å². The summed E-state index contributed by atoms with van der Waals surface area (Å²) in [7, 11) is 0. The Kier molecular flexibility index (Phi) is 5.93. The summed E-state index contributed by atoms with van der Waals surface area (Å²) >= 11 is 0. The minimum absolute atomic E-state index is 0.641. The number of hydrogen-bond acceptors (Lipinski definition) is 1. The summed E-state index contributed by atoms with van der Waals surface area (Å²) in [6, 6.07) is 73.4. The summed E-state index contributed by atoms with van der Waals surface area (Å²) < 4.78 is 14.4. The number of fused-ring (bicyclic) bond motifs is 17. The van der Waals surface area contributed by atoms with Crippen LogP contribution in [0.15, 0.2) is 200 Å². The molecule has 0 amide bonds. The van der Waals surface area contributed by atoms with Crippen LogP contribution in [0.4, 0.5) is 0 Å². The van der Waals surface area contributed by atoms with Gasteiger partial charge in [0.15, 0.2) is 0 Å². The topological polar surface area (TPSA) is 24.0 Å². The molecular formula is C55H33N3O. The SMILES string of the molecule is c1ccc(-n2c3ccccc3c3ccc(-n4c5ccccc5c5cc6c(cc54)Oc4ccccc4C64c5ccccc5-n5c6ccccc6c6cccc4c65)cc32)cc1. The second kappa shape index (κ2) is 11.2. The maximum absolute atomic E-state index is 7.12. The van der Waals surface area contributed by atoms with Gasteiger partial charge in [0.2, 0.25) is 0 Å². The fourth-order valence-corrected chi connectivity index (χ4v) is 11.0. The van der Waals surface area contributed by atoms with Gasteiger partial charge >= 0.3 is 0 Å². The molecule has 1 unspecified atom stereocenters. The van der Waals surface area contributed by atoms with Crippen LogP contribution in [0.2, 0.25) is 0 Å². The van der Waals surface area contributed by atoms with Crippen LogP contribution in [0.1, 0.15) is 22.3 Å². The summed E-state index contributed by atoms with van der Waals surface area (Å²) in [5.74, 6) is 1.75. The average molecular weight is 752 g/mol. The molecule has 0 aliphatic carbocycles. The lowest BCUT2D eigenvalue weighted by atomic mass is 9.61. The van der Waals surface area contributed by atoms with E-state index in [1.54, 1.807) is 0 Å². The van der Waals surface area contributed by atoms with Crippen LogP contribution in [-0.4, -0.2) is 13.7 Å². The molecule has 2 aliphatic rings. The van der Waals surface area contributed by atoms with Gasteiger partial charge in [-0.3, -0.25) is 0 Å². The summed E-state index contributed by atoms with van der Waals surface area (Å²) in [6.07, 6.45) is 0. The van der Waals surface area contributed by atoms with Crippen molar-refractivity contribution in [1.29, 1.82) is 0 Å². The Hall–Kier alpha value is -7.82. The third-order valence-corrected chi connectivity index (χ3v) is 13.3. The fraction of sp³-hybridized carbons (Fsp3) is 0.0182. The lowest BCUT2D eigenvalue weighted by Crippen LogP contribution is -2.37. The smallest absolute Gasteiger partial charge is 0.134 e. The van der Waals surface area contributed by atoms with Crippen LogP contribution < -0.4 is 4.74 Å². The van der Waals surface area contributed by atoms with E-state index in [-0.39, 0.29) is 0 Å². The largest absolute Gasteiger partial charge is 0.457 e. The summed E-state index contributed by atoms with van der Waals surface area (Å²) in [5.41, 5.74) is 14.7. The van der Waals surface area contributed by atoms with E-state index in [1.807, 2.05) is 0 Å². The molecule has 2 aliphatic heterocycles. The van der Waals surface area contributed by atoms with Crippen LogP contribution in [0, 0.1) is 0 Å². The summed E-state index contributed by atoms with van der Waals surface area (Å²) in [6.45, 7) is 0. The van der Waals surface area contributed by atoms with Crippen molar-refractivity contribution >= 4 is 65.4 Å². The van der Waals surface area contributed by atoms with E-state index in [0.29, 0.717) is 0 Å². The van der Waals surface area contributed by atoms with Crippen LogP contribution in [0.25, 0.3) is 82.5 Å². The molecule has 0 saturated heterocycles. The molecule has 0 fully saturated rings. The highest BCUT2D eigenvalue weighted by Gasteiger charge is 2.50. The van der Waals surface area contributed by atoms with Gasteiger partial charge in [0, 0.05) is 60.9 Å². The summed E-state index contributed by atoms with van der Waals surface area (Å²) in [4.78, 5) is 0. The molecule has 9 aromatic carbocycles. The number of hydrogen-bond donors (Lipinski definition) is 0. The lowest BCUT2D eigenvalue weighted by Gasteiger charge is -2.45. The number of ether oxygens (including phenoxy) is 1. The molecule has 274 valence electrons. The van der Waals surface area contributed by atoms with E-state index in [9.17, 15) is 0 Å². The van der Waals surface area contributed by atoms with Crippen molar-refractivity contribution in [3.63, 3.8) is 0 Å². The second-order valence-corrected chi connectivity index (χ2v) is 16.0. The lowest BCUT2D eigenvalue weighted by molar-refractivity contribution is 0.435. The Morgan fingerprint density at radius 3 is 1.66 bits per heavy atom. The van der Waals surface area contributed by atoms with E-state index >= 15 is 0 Å². The monoisotopic (exact) mass is 751 g/mol. The van der Waals surface area contributed by atoms with Gasteiger partial charge in [-0.15, -0.1) is 0 Å². The highest BCUT2D eigenvalue weighted by molar-refractivity contribution is 6.14. The Labute approximate surface area is 339 Å². The number of para-hydroxylation sites is 7. The molecule has 4 nitrogen and oxygen atoms in total. The zero-order valence-electron chi connectivity index (χ0n) is 31.8. The normalized spacial score (nSPS) is 15.3. The van der Waals surface area contributed by atoms with Gasteiger partial charge in [0.1, 0.15) is 11.5 Å². The molecule has 4 heteroatoms. The molecular weight excluding hydrogens is 719 g/mol. The number of nitrogens with zero attached hydrogens (tertiary/aromatic N) is 3. The first-order valence-electron chi connectivity index (χ1n) is 20.4. The Bertz CT molecular complexity index is 3770. The van der Waals surface area contributed by atoms with E-state index in [0.717, 1.165) is 45.0 Å². The molecule has 59 heavy (non-hydrogen) atoms. The van der Waals surface area contributed by atoms with Gasteiger partial charge in [-0.2, -0.15) is 0 Å². The minimum atomic E-state index is -0.641. The molecule has 1 spiro atoms. The van der Waals surface area contributed by atoms with Crippen molar-refractivity contribution in [2.45, 2.75) is 5.41 Å². The maximum atomic E-state index is 7.12. The maximum Gasteiger partial charge on any atom is 0.134 e. The molecule has 0 radical (unpaired) electrons. The second-order valence-electron chi connectivity index (χ2n) is 16.0. The first kappa shape index (κ1) is 31.3. The van der Waals surface area contributed by atoms with Gasteiger partial charge in [0.05, 0.1) is 44.2 Å². The first-order chi connectivity index (χ1) is 29.3. The minimum Gasteiger partial charge on any atom is -0.457 e. The molecule has 0 N–H and O–H groups in total. The molecule has 1 atom stereocenters. The molecule has 0 saturated carbocycles. The van der Waals surface area contributed by atoms with E-state index in [4.69, 9.17) is 4.74 Å². The number of rotatable bonds is 2. The number of benzene rings is 9. The van der Waals surface area contributed by atoms with Gasteiger partial charge in [-0.1, -0.05) is 133 Å². The Balaban J connectivity index is 1.11. The van der Waals surface area contributed by atoms with Crippen LogP contribution in [-0.2, 0) is 5.41 Å². The zero-order valence-corrected chi connectivity index (χ0v) is 31.8. The molecule has 14 rings (SSSR count). The van der Waals surface area contributed by atoms with Crippen LogP contribution in [0.3, 0.4) is 0 Å². The van der Waals surface area contributed by atoms with Gasteiger partial charge < -0.3 is 18.4 Å². The first-order valence-corrected chi connectivity index (χ1v) is 20.4. The van der Waals surface area contributed by atoms with Crippen molar-refractivity contribution in [1.82, 2.24) is 13.7 Å². The third kappa shape index (κ3) is 3.84. The van der Waals surface area contributed by atoms with Crippen molar-refractivity contribution in [3.8, 4) is 28.6 Å². The van der Waals surface area contributed by atoms with Crippen molar-refractivity contribution in [2.75, 3.05) is 0 Å². The van der Waals surface area contributed by atoms with Gasteiger partial charge in [0.25, 0.3) is 0 Å². The Morgan fingerprint density at radius 2 is 0.864 bits per heavy atom. The van der Waals surface area contributed by atoms with Crippen LogP contribution >= 0.6 is 0 Å². The highest BCUT2D eigenvalue weighted by atomic mass is 16.5. The predicted octanol–water partition coefficient (Wildman–Crippen LogP) is 13.8. The molecule has 0 bridgehead atoms. The van der Waals surface area contributed by atoms with E-state index in [2.05, 4.69) is 214 Å². The van der Waals surface area contributed by atoms with Gasteiger partial charge in [-0.25, -0.2) is 0 Å². The van der Waals surface area contributed by atoms with Gasteiger partial charge in [-0.05, 0) is 71.8 Å². The Morgan fingerprint density at radius 1 is 0.305 bits per heavy atom. The molecule has 12 aromatic rings. The molecule has 5 heterocycles. The standard InChI is InChI=1S/C55H33N3O/c1-2-15-34(16-3-1)56-46-24-9-4-17-36(46)39-30-29-35(31-50(39)56)57-47-25-10-6-19-38(47)41-32-45-53(33-51(41)57)59-52-28-13-8-22-43(52)55(45)42-21-7-12-27-49(42)58-48-26-11-5-18-37(48)40-20-14-23-44(55)54(40)58/h1-33H. The third-order valence-electron chi connectivity index (χ3n) is 13.3. The van der Waals surface area contributed by atoms with Crippen LogP contribution in [0.5, 0.6) is 11.5 Å². The van der Waals surface area contributed by atoms with E-state index < -0.39 is 5.41 Å². The van der Waals surface area contributed by atoms with Crippen molar-refractivity contribution in [2.24, 2.45) is 0 Å². The number of aromatic nitrogens is 3. The van der Waals surface area contributed by atoms with Crippen molar-refractivity contribution < 1.29 is 4.74 Å². The average Bonchev–Trinajstić information content (AvgIpc) is 3.93. The fourth-order valence-electron chi connectivity index (χ4n) is 11.0. The zero-order chi connectivity index (χ0) is 38.4. The van der Waals surface area contributed by atoms with Crippen molar-refractivity contribution in [3.05, 3.63) is 222 Å². The highest BCUT2D eigenvalue weighted by Crippen LogP contribution is 2.61. The molecule has 3 aromatic heterocycles. The predicted molar refractivity (Wildman–Crippen MR) is 241 cm³/mol. The quantitative estimate of drug-likeness (QED) is 0.173. The summed E-state index contributed by atoms with van der Waals surface area (Å²) in [5, 5.41) is 7.40.